The van der Waals surface area contributed by atoms with Crippen LogP contribution in [0, 0.1) is 5.92 Å². The molecule has 1 unspecified atom stereocenters. The fourth-order valence-electron chi connectivity index (χ4n) is 2.56. The molecule has 0 amide bonds. The third-order valence-corrected chi connectivity index (χ3v) is 5.63. The highest BCUT2D eigenvalue weighted by molar-refractivity contribution is 8.13. The third-order valence-electron chi connectivity index (χ3n) is 4.15. The van der Waals surface area contributed by atoms with E-state index in [0.717, 1.165) is 16.7 Å². The smallest absolute Gasteiger partial charge is 0.206 e. The van der Waals surface area contributed by atoms with Crippen molar-refractivity contribution in [1.29, 1.82) is 0 Å². The first kappa shape index (κ1) is 16.8. The van der Waals surface area contributed by atoms with Gasteiger partial charge in [-0.05, 0) is 24.6 Å². The van der Waals surface area contributed by atoms with Gasteiger partial charge in [0, 0.05) is 11.7 Å². The molecule has 4 heteroatoms. The number of para-hydroxylation sites is 2. The van der Waals surface area contributed by atoms with E-state index in [1.807, 2.05) is 56.3 Å². The molecule has 0 spiro atoms. The average molecular weight is 339 g/mol. The van der Waals surface area contributed by atoms with Crippen LogP contribution in [0.25, 0.3) is 11.1 Å². The molecule has 3 rings (SSSR count). The summed E-state index contributed by atoms with van der Waals surface area (Å²) in [5.41, 5.74) is 2.25. The van der Waals surface area contributed by atoms with Gasteiger partial charge >= 0.3 is 0 Å². The van der Waals surface area contributed by atoms with Gasteiger partial charge in [-0.25, -0.2) is 4.98 Å². The van der Waals surface area contributed by atoms with E-state index < -0.39 is 5.41 Å². The second-order valence-electron chi connectivity index (χ2n) is 6.45. The number of rotatable bonds is 5. The average Bonchev–Trinajstić information content (AvgIpc) is 3.04. The highest BCUT2D eigenvalue weighted by Crippen LogP contribution is 2.37. The SMILES string of the molecule is CC(C)C(=O)SCC(C)(c1ccccc1)c1nc2ccccc2o1. The van der Waals surface area contributed by atoms with E-state index in [2.05, 4.69) is 19.1 Å². The Kier molecular flexibility index (Phi) is 4.76. The number of carbonyl (C=O) groups excluding carboxylic acids is 1. The number of hydrogen-bond acceptors (Lipinski definition) is 4. The molecule has 1 aromatic heterocycles. The number of thioether (sulfide) groups is 1. The van der Waals surface area contributed by atoms with Crippen molar-refractivity contribution in [2.24, 2.45) is 5.92 Å². The van der Waals surface area contributed by atoms with E-state index in [0.29, 0.717) is 11.6 Å². The molecule has 0 radical (unpaired) electrons. The Morgan fingerprint density at radius 1 is 1.12 bits per heavy atom. The minimum Gasteiger partial charge on any atom is -0.440 e. The van der Waals surface area contributed by atoms with Crippen molar-refractivity contribution in [1.82, 2.24) is 4.98 Å². The van der Waals surface area contributed by atoms with Crippen molar-refractivity contribution < 1.29 is 9.21 Å². The second kappa shape index (κ2) is 6.81. The Balaban J connectivity index is 2.02. The topological polar surface area (TPSA) is 43.1 Å². The van der Waals surface area contributed by atoms with Gasteiger partial charge in [-0.2, -0.15) is 0 Å². The summed E-state index contributed by atoms with van der Waals surface area (Å²) in [5.74, 6) is 1.26. The Morgan fingerprint density at radius 2 is 1.79 bits per heavy atom. The Labute approximate surface area is 146 Å². The molecule has 0 bridgehead atoms. The molecule has 3 nitrogen and oxygen atoms in total. The van der Waals surface area contributed by atoms with Crippen LogP contribution in [0.1, 0.15) is 32.2 Å². The third kappa shape index (κ3) is 3.24. The molecule has 3 aromatic rings. The molecule has 0 fully saturated rings. The van der Waals surface area contributed by atoms with Gasteiger partial charge in [0.15, 0.2) is 10.7 Å². The van der Waals surface area contributed by atoms with Crippen LogP contribution in [0.2, 0.25) is 0 Å². The van der Waals surface area contributed by atoms with Gasteiger partial charge in [0.2, 0.25) is 5.89 Å². The fraction of sp³-hybridized carbons (Fsp3) is 0.300. The molecule has 0 N–H and O–H groups in total. The predicted octanol–water partition coefficient (Wildman–Crippen LogP) is 5.05. The van der Waals surface area contributed by atoms with E-state index in [4.69, 9.17) is 9.40 Å². The highest BCUT2D eigenvalue weighted by Gasteiger charge is 2.35. The Bertz CT molecular complexity index is 808. The number of nitrogens with zero attached hydrogens (tertiary/aromatic N) is 1. The lowest BCUT2D eigenvalue weighted by molar-refractivity contribution is -0.113. The van der Waals surface area contributed by atoms with Crippen LogP contribution in [0.4, 0.5) is 0 Å². The molecule has 124 valence electrons. The van der Waals surface area contributed by atoms with Gasteiger partial charge in [-0.1, -0.05) is 68.1 Å². The fourth-order valence-corrected chi connectivity index (χ4v) is 3.62. The number of benzene rings is 2. The number of fused-ring (bicyclic) bond motifs is 1. The van der Waals surface area contributed by atoms with Crippen LogP contribution in [0.3, 0.4) is 0 Å². The first-order valence-corrected chi connectivity index (χ1v) is 9.07. The number of oxazole rings is 1. The maximum Gasteiger partial charge on any atom is 0.206 e. The minimum atomic E-state index is -0.463. The summed E-state index contributed by atoms with van der Waals surface area (Å²) in [7, 11) is 0. The van der Waals surface area contributed by atoms with Crippen LogP contribution in [-0.2, 0) is 10.2 Å². The first-order chi connectivity index (χ1) is 11.5. The number of hydrogen-bond donors (Lipinski definition) is 0. The van der Waals surface area contributed by atoms with E-state index >= 15 is 0 Å². The molecule has 0 aliphatic carbocycles. The van der Waals surface area contributed by atoms with Crippen molar-refractivity contribution in [3.63, 3.8) is 0 Å². The summed E-state index contributed by atoms with van der Waals surface area (Å²) in [6.07, 6.45) is 0. The molecule has 0 aliphatic rings. The molecular weight excluding hydrogens is 318 g/mol. The van der Waals surface area contributed by atoms with E-state index in [-0.39, 0.29) is 11.0 Å². The predicted molar refractivity (Wildman–Crippen MR) is 99.2 cm³/mol. The maximum absolute atomic E-state index is 12.1. The summed E-state index contributed by atoms with van der Waals surface area (Å²) in [5, 5.41) is 0.188. The minimum absolute atomic E-state index is 0.0126. The van der Waals surface area contributed by atoms with Crippen LogP contribution >= 0.6 is 11.8 Å². The van der Waals surface area contributed by atoms with Crippen LogP contribution in [-0.4, -0.2) is 15.9 Å². The van der Waals surface area contributed by atoms with Gasteiger partial charge in [0.1, 0.15) is 5.52 Å². The zero-order valence-electron chi connectivity index (χ0n) is 14.2. The van der Waals surface area contributed by atoms with Gasteiger partial charge in [0.25, 0.3) is 0 Å². The number of carbonyl (C=O) groups is 1. The van der Waals surface area contributed by atoms with Crippen LogP contribution < -0.4 is 0 Å². The summed E-state index contributed by atoms with van der Waals surface area (Å²) < 4.78 is 6.04. The van der Waals surface area contributed by atoms with Crippen molar-refractivity contribution >= 4 is 28.0 Å². The lowest BCUT2D eigenvalue weighted by Crippen LogP contribution is -2.28. The summed E-state index contributed by atoms with van der Waals surface area (Å²) in [4.78, 5) is 16.8. The molecule has 0 saturated carbocycles. The maximum atomic E-state index is 12.1. The molecule has 2 aromatic carbocycles. The molecule has 1 heterocycles. The Hall–Kier alpha value is -2.07. The van der Waals surface area contributed by atoms with E-state index in [1.54, 1.807) is 0 Å². The van der Waals surface area contributed by atoms with Crippen molar-refractivity contribution in [3.05, 3.63) is 66.1 Å². The summed E-state index contributed by atoms with van der Waals surface area (Å²) in [6.45, 7) is 5.94. The molecule has 1 atom stereocenters. The van der Waals surface area contributed by atoms with Crippen molar-refractivity contribution in [2.75, 3.05) is 5.75 Å². The monoisotopic (exact) mass is 339 g/mol. The quantitative estimate of drug-likeness (QED) is 0.652. The first-order valence-electron chi connectivity index (χ1n) is 8.09. The Morgan fingerprint density at radius 3 is 2.46 bits per heavy atom. The highest BCUT2D eigenvalue weighted by atomic mass is 32.2. The van der Waals surface area contributed by atoms with Gasteiger partial charge < -0.3 is 4.42 Å². The summed E-state index contributed by atoms with van der Waals surface area (Å²) in [6, 6.07) is 17.9. The zero-order chi connectivity index (χ0) is 17.2. The normalized spacial score (nSPS) is 14.0. The zero-order valence-corrected chi connectivity index (χ0v) is 15.0. The standard InChI is InChI=1S/C20H21NO2S/c1-14(2)18(22)24-13-20(3,15-9-5-4-6-10-15)19-21-16-11-7-8-12-17(16)23-19/h4-12,14H,13H2,1-3H3. The molecule has 0 aliphatic heterocycles. The van der Waals surface area contributed by atoms with Crippen molar-refractivity contribution in [2.45, 2.75) is 26.2 Å². The second-order valence-corrected chi connectivity index (χ2v) is 7.43. The molecule has 24 heavy (non-hydrogen) atoms. The van der Waals surface area contributed by atoms with E-state index in [1.165, 1.54) is 11.8 Å². The molecule has 0 saturated heterocycles. The van der Waals surface area contributed by atoms with E-state index in [9.17, 15) is 4.79 Å². The van der Waals surface area contributed by atoms with Crippen molar-refractivity contribution in [3.8, 4) is 0 Å². The van der Waals surface area contributed by atoms with Gasteiger partial charge in [-0.15, -0.1) is 0 Å². The number of aromatic nitrogens is 1. The van der Waals surface area contributed by atoms with Gasteiger partial charge in [-0.3, -0.25) is 4.79 Å². The van der Waals surface area contributed by atoms with Gasteiger partial charge in [0.05, 0.1) is 5.41 Å². The largest absolute Gasteiger partial charge is 0.440 e. The lowest BCUT2D eigenvalue weighted by Gasteiger charge is -2.26. The lowest BCUT2D eigenvalue weighted by atomic mass is 9.84. The summed E-state index contributed by atoms with van der Waals surface area (Å²) >= 11 is 1.35. The van der Waals surface area contributed by atoms with Crippen LogP contribution in [0.5, 0.6) is 0 Å². The van der Waals surface area contributed by atoms with Crippen LogP contribution in [0.15, 0.2) is 59.0 Å². The molecular formula is C20H21NO2S.